The summed E-state index contributed by atoms with van der Waals surface area (Å²) in [5.74, 6) is -0.685. The Kier molecular flexibility index (Phi) is 6.46. The van der Waals surface area contributed by atoms with Crippen LogP contribution in [0.4, 0.5) is 0 Å². The fourth-order valence-electron chi connectivity index (χ4n) is 1.89. The monoisotopic (exact) mass is 321 g/mol. The van der Waals surface area contributed by atoms with Crippen molar-refractivity contribution in [3.8, 4) is 0 Å². The molecule has 2 N–H and O–H groups in total. The van der Waals surface area contributed by atoms with Crippen molar-refractivity contribution in [2.75, 3.05) is 0 Å². The Hall–Kier alpha value is -3.21. The summed E-state index contributed by atoms with van der Waals surface area (Å²) in [6, 6.07) is 17.8. The molecule has 5 nitrogen and oxygen atoms in total. The predicted molar refractivity (Wildman–Crippen MR) is 95.5 cm³/mol. The zero-order valence-corrected chi connectivity index (χ0v) is 13.3. The average Bonchev–Trinajstić information content (AvgIpc) is 2.62. The Morgan fingerprint density at radius 1 is 1.00 bits per heavy atom. The Bertz CT molecular complexity index is 725. The van der Waals surface area contributed by atoms with Crippen LogP contribution in [0.15, 0.2) is 71.8 Å². The van der Waals surface area contributed by atoms with Gasteiger partial charge in [-0.1, -0.05) is 54.6 Å². The highest BCUT2D eigenvalue weighted by Crippen LogP contribution is 2.00. The van der Waals surface area contributed by atoms with Crippen LogP contribution in [0, 0.1) is 0 Å². The molecular formula is C19H19N3O2. The summed E-state index contributed by atoms with van der Waals surface area (Å²) >= 11 is 0. The van der Waals surface area contributed by atoms with Crippen molar-refractivity contribution in [3.63, 3.8) is 0 Å². The summed E-state index contributed by atoms with van der Waals surface area (Å²) in [6.07, 6.45) is 5.08. The smallest absolute Gasteiger partial charge is 0.262 e. The average molecular weight is 321 g/mol. The normalized spacial score (nSPS) is 12.2. The molecule has 0 unspecified atom stereocenters. The number of nitrogens with one attached hydrogen (secondary N) is 2. The number of hydrazone groups is 1. The van der Waals surface area contributed by atoms with Gasteiger partial charge < -0.3 is 5.32 Å². The summed E-state index contributed by atoms with van der Waals surface area (Å²) < 4.78 is 0. The summed E-state index contributed by atoms with van der Waals surface area (Å²) in [7, 11) is 0. The number of allylic oxidation sites excluding steroid dienone is 1. The van der Waals surface area contributed by atoms with Gasteiger partial charge in [0.15, 0.2) is 0 Å². The molecule has 2 aromatic carbocycles. The first-order valence-electron chi connectivity index (χ1n) is 7.57. The molecule has 0 fully saturated rings. The van der Waals surface area contributed by atoms with Crippen LogP contribution < -0.4 is 10.7 Å². The van der Waals surface area contributed by atoms with Crippen LogP contribution in [-0.2, 0) is 4.79 Å². The van der Waals surface area contributed by atoms with Gasteiger partial charge in [0.05, 0.1) is 0 Å². The largest absolute Gasteiger partial charge is 0.340 e. The van der Waals surface area contributed by atoms with E-state index in [9.17, 15) is 9.59 Å². The molecule has 0 aliphatic heterocycles. The van der Waals surface area contributed by atoms with E-state index in [0.717, 1.165) is 5.56 Å². The number of nitrogens with zero attached hydrogens (tertiary/aromatic N) is 1. The maximum atomic E-state index is 12.0. The van der Waals surface area contributed by atoms with Crippen LogP contribution in [0.5, 0.6) is 0 Å². The van der Waals surface area contributed by atoms with Crippen molar-refractivity contribution < 1.29 is 9.59 Å². The van der Waals surface area contributed by atoms with E-state index in [-0.39, 0.29) is 11.8 Å². The van der Waals surface area contributed by atoms with Crippen LogP contribution >= 0.6 is 0 Å². The molecule has 0 spiro atoms. The Balaban J connectivity index is 1.78. The fraction of sp³-hybridized carbons (Fsp3) is 0.105. The van der Waals surface area contributed by atoms with Crippen LogP contribution in [-0.4, -0.2) is 24.1 Å². The molecule has 2 aromatic rings. The SMILES string of the molecule is C[C@H](NC(=O)c1ccccc1)C(=O)N/N=C\C=C\c1ccccc1. The second-order valence-corrected chi connectivity index (χ2v) is 5.09. The van der Waals surface area contributed by atoms with Gasteiger partial charge in [0.25, 0.3) is 11.8 Å². The van der Waals surface area contributed by atoms with Crippen LogP contribution in [0.1, 0.15) is 22.8 Å². The Labute approximate surface area is 141 Å². The lowest BCUT2D eigenvalue weighted by atomic mass is 10.2. The third kappa shape index (κ3) is 5.53. The molecule has 2 rings (SSSR count). The zero-order valence-electron chi connectivity index (χ0n) is 13.3. The molecule has 0 heterocycles. The molecule has 0 saturated carbocycles. The van der Waals surface area contributed by atoms with E-state index in [4.69, 9.17) is 0 Å². The lowest BCUT2D eigenvalue weighted by Gasteiger charge is -2.11. The Morgan fingerprint density at radius 3 is 2.29 bits per heavy atom. The fourth-order valence-corrected chi connectivity index (χ4v) is 1.89. The molecule has 24 heavy (non-hydrogen) atoms. The van der Waals surface area contributed by atoms with E-state index in [1.54, 1.807) is 37.3 Å². The van der Waals surface area contributed by atoms with Gasteiger partial charge >= 0.3 is 0 Å². The van der Waals surface area contributed by atoms with Gasteiger partial charge in [-0.2, -0.15) is 5.10 Å². The van der Waals surface area contributed by atoms with E-state index >= 15 is 0 Å². The van der Waals surface area contributed by atoms with Gasteiger partial charge in [-0.3, -0.25) is 9.59 Å². The first-order chi connectivity index (χ1) is 11.7. The van der Waals surface area contributed by atoms with E-state index < -0.39 is 6.04 Å². The van der Waals surface area contributed by atoms with Gasteiger partial charge in [0.2, 0.25) is 0 Å². The Morgan fingerprint density at radius 2 is 1.62 bits per heavy atom. The van der Waals surface area contributed by atoms with Crippen LogP contribution in [0.25, 0.3) is 6.08 Å². The topological polar surface area (TPSA) is 70.6 Å². The maximum absolute atomic E-state index is 12.0. The van der Waals surface area contributed by atoms with Gasteiger partial charge in [-0.15, -0.1) is 0 Å². The number of hydrogen-bond acceptors (Lipinski definition) is 3. The number of rotatable bonds is 6. The van der Waals surface area contributed by atoms with Crippen molar-refractivity contribution in [2.24, 2.45) is 5.10 Å². The second kappa shape index (κ2) is 9.05. The number of carbonyl (C=O) groups excluding carboxylic acids is 2. The maximum Gasteiger partial charge on any atom is 0.262 e. The molecule has 0 radical (unpaired) electrons. The summed E-state index contributed by atoms with van der Waals surface area (Å²) in [5, 5.41) is 6.44. The lowest BCUT2D eigenvalue weighted by molar-refractivity contribution is -0.122. The molecule has 122 valence electrons. The molecule has 0 bridgehead atoms. The number of benzene rings is 2. The standard InChI is InChI=1S/C19H19N3O2/c1-15(21-19(24)17-12-6-3-7-13-17)18(23)22-20-14-8-11-16-9-4-2-5-10-16/h2-15H,1H3,(H,21,24)(H,22,23)/b11-8+,20-14-/t15-/m0/s1. The van der Waals surface area contributed by atoms with Gasteiger partial charge in [0.1, 0.15) is 6.04 Å². The third-order valence-corrected chi connectivity index (χ3v) is 3.20. The van der Waals surface area contributed by atoms with Gasteiger partial charge in [-0.25, -0.2) is 5.43 Å². The molecule has 2 amide bonds. The van der Waals surface area contributed by atoms with Crippen molar-refractivity contribution >= 4 is 24.1 Å². The second-order valence-electron chi connectivity index (χ2n) is 5.09. The van der Waals surface area contributed by atoms with Crippen LogP contribution in [0.2, 0.25) is 0 Å². The zero-order chi connectivity index (χ0) is 17.2. The number of carbonyl (C=O) groups is 2. The molecule has 0 aliphatic carbocycles. The molecule has 1 atom stereocenters. The summed E-state index contributed by atoms with van der Waals surface area (Å²) in [6.45, 7) is 1.60. The van der Waals surface area contributed by atoms with Gasteiger partial charge in [-0.05, 0) is 30.7 Å². The highest BCUT2D eigenvalue weighted by atomic mass is 16.2. The molecule has 5 heteroatoms. The highest BCUT2D eigenvalue weighted by molar-refractivity contribution is 5.97. The molecule has 0 saturated heterocycles. The first kappa shape index (κ1) is 17.1. The molecule has 0 aromatic heterocycles. The summed E-state index contributed by atoms with van der Waals surface area (Å²) in [5.41, 5.74) is 3.94. The van der Waals surface area contributed by atoms with E-state index in [0.29, 0.717) is 5.56 Å². The quantitative estimate of drug-likeness (QED) is 0.634. The number of amides is 2. The van der Waals surface area contributed by atoms with Crippen molar-refractivity contribution in [1.29, 1.82) is 0 Å². The van der Waals surface area contributed by atoms with E-state index in [1.807, 2.05) is 42.5 Å². The highest BCUT2D eigenvalue weighted by Gasteiger charge is 2.15. The first-order valence-corrected chi connectivity index (χ1v) is 7.57. The van der Waals surface area contributed by atoms with Crippen LogP contribution in [0.3, 0.4) is 0 Å². The lowest BCUT2D eigenvalue weighted by Crippen LogP contribution is -2.43. The predicted octanol–water partition coefficient (Wildman–Crippen LogP) is 2.62. The molecule has 0 aliphatic rings. The minimum atomic E-state index is -0.687. The minimum absolute atomic E-state index is 0.300. The van der Waals surface area contributed by atoms with Crippen molar-refractivity contribution in [2.45, 2.75) is 13.0 Å². The van der Waals surface area contributed by atoms with E-state index in [1.165, 1.54) is 6.21 Å². The summed E-state index contributed by atoms with van der Waals surface area (Å²) in [4.78, 5) is 23.8. The van der Waals surface area contributed by atoms with Crippen molar-refractivity contribution in [3.05, 3.63) is 77.9 Å². The van der Waals surface area contributed by atoms with E-state index in [2.05, 4.69) is 15.8 Å². The minimum Gasteiger partial charge on any atom is -0.340 e. The number of hydrogen-bond donors (Lipinski definition) is 2. The third-order valence-electron chi connectivity index (χ3n) is 3.20. The van der Waals surface area contributed by atoms with Gasteiger partial charge in [0, 0.05) is 11.8 Å². The van der Waals surface area contributed by atoms with Crippen molar-refractivity contribution in [1.82, 2.24) is 10.7 Å². The molecular weight excluding hydrogens is 302 g/mol.